The van der Waals surface area contributed by atoms with Crippen LogP contribution in [0.3, 0.4) is 0 Å². The number of aryl methyl sites for hydroxylation is 1. The van der Waals surface area contributed by atoms with Gasteiger partial charge in [0.25, 0.3) is 5.91 Å². The van der Waals surface area contributed by atoms with Crippen LogP contribution in [0.25, 0.3) is 0 Å². The van der Waals surface area contributed by atoms with E-state index >= 15 is 0 Å². The smallest absolute Gasteiger partial charge is 0.268 e. The monoisotopic (exact) mass is 295 g/mol. The maximum Gasteiger partial charge on any atom is 0.268 e. The van der Waals surface area contributed by atoms with Gasteiger partial charge in [0.05, 0.1) is 18.7 Å². The van der Waals surface area contributed by atoms with Gasteiger partial charge in [-0.15, -0.1) is 0 Å². The van der Waals surface area contributed by atoms with Gasteiger partial charge in [-0.3, -0.25) is 15.1 Å². The normalized spacial score (nSPS) is 16.2. The molecule has 1 aliphatic rings. The third-order valence-electron chi connectivity index (χ3n) is 4.17. The van der Waals surface area contributed by atoms with Crippen molar-refractivity contribution in [3.05, 3.63) is 23.2 Å². The van der Waals surface area contributed by atoms with Crippen molar-refractivity contribution in [1.82, 2.24) is 10.3 Å². The minimum Gasteiger partial charge on any atom is -0.464 e. The van der Waals surface area contributed by atoms with Crippen LogP contribution in [-0.4, -0.2) is 37.1 Å². The highest BCUT2D eigenvalue weighted by molar-refractivity contribution is 5.94. The van der Waals surface area contributed by atoms with E-state index in [0.717, 1.165) is 18.2 Å². The zero-order valence-corrected chi connectivity index (χ0v) is 13.0. The third-order valence-corrected chi connectivity index (χ3v) is 4.17. The Morgan fingerprint density at radius 3 is 2.90 bits per heavy atom. The van der Waals surface area contributed by atoms with E-state index in [4.69, 9.17) is 15.0 Å². The minimum absolute atomic E-state index is 0.318. The molecule has 2 rings (SSSR count). The van der Waals surface area contributed by atoms with E-state index in [9.17, 15) is 4.79 Å². The summed E-state index contributed by atoms with van der Waals surface area (Å²) in [6.45, 7) is 6.24. The van der Waals surface area contributed by atoms with Crippen molar-refractivity contribution < 1.29 is 13.9 Å². The molecule has 1 aromatic rings. The number of methoxy groups -OCH3 is 1. The van der Waals surface area contributed by atoms with E-state index < -0.39 is 0 Å². The third kappa shape index (κ3) is 4.06. The Hall–Kier alpha value is -1.37. The minimum atomic E-state index is -0.318. The van der Waals surface area contributed by atoms with Gasteiger partial charge in [-0.1, -0.05) is 0 Å². The molecule has 6 nitrogen and oxygen atoms in total. The quantitative estimate of drug-likeness (QED) is 0.431. The summed E-state index contributed by atoms with van der Waals surface area (Å²) in [6.07, 6.45) is 2.59. The number of rotatable bonds is 8. The fourth-order valence-electron chi connectivity index (χ4n) is 2.64. The second kappa shape index (κ2) is 7.06. The largest absolute Gasteiger partial charge is 0.464 e. The highest BCUT2D eigenvalue weighted by atomic mass is 16.5. The van der Waals surface area contributed by atoms with Crippen LogP contribution in [0.2, 0.25) is 0 Å². The SMILES string of the molecule is COCCN(Cc1cc(C(=O)NN)c(C)o1)C(C)C1CC1. The number of furan rings is 1. The van der Waals surface area contributed by atoms with Crippen LogP contribution >= 0.6 is 0 Å². The lowest BCUT2D eigenvalue weighted by molar-refractivity contribution is 0.0952. The number of carbonyl (C=O) groups excluding carboxylic acids is 1. The van der Waals surface area contributed by atoms with Gasteiger partial charge in [-0.05, 0) is 38.7 Å². The molecule has 1 saturated carbocycles. The summed E-state index contributed by atoms with van der Waals surface area (Å²) < 4.78 is 10.9. The molecular formula is C15H25N3O3. The molecule has 0 spiro atoms. The molecular weight excluding hydrogens is 270 g/mol. The summed E-state index contributed by atoms with van der Waals surface area (Å²) in [4.78, 5) is 14.0. The zero-order chi connectivity index (χ0) is 15.4. The number of nitrogen functional groups attached to an aromatic ring is 1. The number of nitrogens with one attached hydrogen (secondary N) is 1. The number of nitrogens with zero attached hydrogens (tertiary/aromatic N) is 1. The van der Waals surface area contributed by atoms with Crippen LogP contribution < -0.4 is 11.3 Å². The number of hydrogen-bond acceptors (Lipinski definition) is 5. The summed E-state index contributed by atoms with van der Waals surface area (Å²) in [7, 11) is 1.71. The van der Waals surface area contributed by atoms with Crippen LogP contribution in [0, 0.1) is 12.8 Å². The lowest BCUT2D eigenvalue weighted by Crippen LogP contribution is -2.36. The fourth-order valence-corrected chi connectivity index (χ4v) is 2.64. The molecule has 1 unspecified atom stereocenters. The lowest BCUT2D eigenvalue weighted by atomic mass is 10.1. The zero-order valence-electron chi connectivity index (χ0n) is 13.0. The van der Waals surface area contributed by atoms with Crippen LogP contribution in [0.5, 0.6) is 0 Å². The van der Waals surface area contributed by atoms with Gasteiger partial charge < -0.3 is 9.15 Å². The van der Waals surface area contributed by atoms with Gasteiger partial charge in [0.1, 0.15) is 11.5 Å². The van der Waals surface area contributed by atoms with Gasteiger partial charge in [-0.2, -0.15) is 0 Å². The number of ether oxygens (including phenoxy) is 1. The highest BCUT2D eigenvalue weighted by Gasteiger charge is 2.32. The first kappa shape index (κ1) is 16.0. The van der Waals surface area contributed by atoms with E-state index in [-0.39, 0.29) is 5.91 Å². The molecule has 1 aliphatic carbocycles. The summed E-state index contributed by atoms with van der Waals surface area (Å²) in [6, 6.07) is 2.27. The van der Waals surface area contributed by atoms with Crippen LogP contribution in [0.15, 0.2) is 10.5 Å². The van der Waals surface area contributed by atoms with Gasteiger partial charge >= 0.3 is 0 Å². The Morgan fingerprint density at radius 1 is 1.62 bits per heavy atom. The molecule has 118 valence electrons. The van der Waals surface area contributed by atoms with Crippen molar-refractivity contribution in [2.75, 3.05) is 20.3 Å². The first-order valence-electron chi connectivity index (χ1n) is 7.40. The van der Waals surface area contributed by atoms with E-state index in [1.165, 1.54) is 12.8 Å². The molecule has 1 heterocycles. The molecule has 1 aromatic heterocycles. The standard InChI is InChI=1S/C15H25N3O3/c1-10(12-4-5-12)18(6-7-20-3)9-13-8-14(11(2)21-13)15(19)17-16/h8,10,12H,4-7,9,16H2,1-3H3,(H,17,19). The molecule has 1 atom stereocenters. The fraction of sp³-hybridized carbons (Fsp3) is 0.667. The highest BCUT2D eigenvalue weighted by Crippen LogP contribution is 2.35. The predicted octanol–water partition coefficient (Wildman–Crippen LogP) is 1.44. The molecule has 0 bridgehead atoms. The van der Waals surface area contributed by atoms with Crippen LogP contribution in [0.4, 0.5) is 0 Å². The second-order valence-electron chi connectivity index (χ2n) is 5.70. The Morgan fingerprint density at radius 2 is 2.33 bits per heavy atom. The molecule has 0 radical (unpaired) electrons. The van der Waals surface area contributed by atoms with Gasteiger partial charge in [0, 0.05) is 19.7 Å². The maximum atomic E-state index is 11.6. The number of hydrazine groups is 1. The average Bonchev–Trinajstić information content (AvgIpc) is 3.26. The van der Waals surface area contributed by atoms with Crippen molar-refractivity contribution in [1.29, 1.82) is 0 Å². The molecule has 6 heteroatoms. The Labute approximate surface area is 125 Å². The summed E-state index contributed by atoms with van der Waals surface area (Å²) in [5.41, 5.74) is 2.64. The summed E-state index contributed by atoms with van der Waals surface area (Å²) in [5.74, 6) is 7.01. The number of hydrogen-bond donors (Lipinski definition) is 2. The van der Waals surface area contributed by atoms with Gasteiger partial charge in [0.2, 0.25) is 0 Å². The molecule has 0 aliphatic heterocycles. The van der Waals surface area contributed by atoms with Crippen molar-refractivity contribution >= 4 is 5.91 Å². The predicted molar refractivity (Wildman–Crippen MR) is 79.6 cm³/mol. The topological polar surface area (TPSA) is 80.7 Å². The molecule has 0 saturated heterocycles. The Balaban J connectivity index is 2.06. The van der Waals surface area contributed by atoms with Gasteiger partial charge in [0.15, 0.2) is 0 Å². The Kier molecular flexibility index (Phi) is 5.39. The van der Waals surface area contributed by atoms with E-state index in [2.05, 4.69) is 17.2 Å². The number of carbonyl (C=O) groups is 1. The van der Waals surface area contributed by atoms with Crippen molar-refractivity contribution in [3.63, 3.8) is 0 Å². The summed E-state index contributed by atoms with van der Waals surface area (Å²) in [5, 5.41) is 0. The molecule has 0 aromatic carbocycles. The van der Waals surface area contributed by atoms with Crippen molar-refractivity contribution in [3.8, 4) is 0 Å². The lowest BCUT2D eigenvalue weighted by Gasteiger charge is -2.28. The first-order chi connectivity index (χ1) is 10.1. The first-order valence-corrected chi connectivity index (χ1v) is 7.40. The second-order valence-corrected chi connectivity index (χ2v) is 5.70. The molecule has 1 fully saturated rings. The number of nitrogens with two attached hydrogens (primary N) is 1. The maximum absolute atomic E-state index is 11.6. The van der Waals surface area contributed by atoms with Crippen LogP contribution in [-0.2, 0) is 11.3 Å². The van der Waals surface area contributed by atoms with E-state index in [1.807, 2.05) is 0 Å². The average molecular weight is 295 g/mol. The van der Waals surface area contributed by atoms with E-state index in [1.54, 1.807) is 20.1 Å². The van der Waals surface area contributed by atoms with Gasteiger partial charge in [-0.25, -0.2) is 5.84 Å². The van der Waals surface area contributed by atoms with E-state index in [0.29, 0.717) is 30.5 Å². The van der Waals surface area contributed by atoms with Crippen LogP contribution in [0.1, 0.15) is 41.6 Å². The molecule has 21 heavy (non-hydrogen) atoms. The summed E-state index contributed by atoms with van der Waals surface area (Å²) >= 11 is 0. The van der Waals surface area contributed by atoms with Crippen molar-refractivity contribution in [2.24, 2.45) is 11.8 Å². The van der Waals surface area contributed by atoms with Crippen molar-refractivity contribution in [2.45, 2.75) is 39.3 Å². The Bertz CT molecular complexity index is 483. The molecule has 3 N–H and O–H groups in total. The molecule has 1 amide bonds. The number of amides is 1.